The van der Waals surface area contributed by atoms with Crippen LogP contribution in [0.25, 0.3) is 0 Å². The average Bonchev–Trinajstić information content (AvgIpc) is 3.07. The van der Waals surface area contributed by atoms with E-state index in [2.05, 4.69) is 4.90 Å². The lowest BCUT2D eigenvalue weighted by atomic mass is 10.0. The minimum absolute atomic E-state index is 0.249. The predicted octanol–water partition coefficient (Wildman–Crippen LogP) is 1.99. The summed E-state index contributed by atoms with van der Waals surface area (Å²) in [4.78, 5) is 17.0. The summed E-state index contributed by atoms with van der Waals surface area (Å²) in [5, 5.41) is 0. The van der Waals surface area contributed by atoms with Gasteiger partial charge < -0.3 is 9.80 Å². The first-order valence-corrected chi connectivity index (χ1v) is 7.40. The number of nitrogens with zero attached hydrogens (tertiary/aromatic N) is 2. The quantitative estimate of drug-likeness (QED) is 0.825. The predicted molar refractivity (Wildman–Crippen MR) is 74.9 cm³/mol. The molecular weight excluding hydrogens is 236 g/mol. The number of hydrogen-bond acceptors (Lipinski definition) is 2. The second-order valence-corrected chi connectivity index (χ2v) is 6.31. The molecule has 3 heteroatoms. The van der Waals surface area contributed by atoms with E-state index in [-0.39, 0.29) is 5.92 Å². The molecule has 1 saturated carbocycles. The first-order chi connectivity index (χ1) is 9.31. The molecule has 1 aromatic carbocycles. The highest BCUT2D eigenvalue weighted by Crippen LogP contribution is 2.37. The summed E-state index contributed by atoms with van der Waals surface area (Å²) < 4.78 is 0. The molecule has 0 unspecified atom stereocenters. The van der Waals surface area contributed by atoms with Crippen LogP contribution < -0.4 is 4.90 Å². The van der Waals surface area contributed by atoms with E-state index >= 15 is 0 Å². The maximum Gasteiger partial charge on any atom is 0.231 e. The summed E-state index contributed by atoms with van der Waals surface area (Å²) in [6, 6.07) is 10.1. The highest BCUT2D eigenvalue weighted by molar-refractivity contribution is 5.98. The lowest BCUT2D eigenvalue weighted by Gasteiger charge is -2.21. The van der Waals surface area contributed by atoms with Gasteiger partial charge in [-0.25, -0.2) is 0 Å². The molecule has 1 aromatic rings. The van der Waals surface area contributed by atoms with Crippen molar-refractivity contribution in [3.8, 4) is 0 Å². The topological polar surface area (TPSA) is 23.6 Å². The van der Waals surface area contributed by atoms with Crippen molar-refractivity contribution >= 4 is 11.6 Å². The van der Waals surface area contributed by atoms with Crippen LogP contribution in [-0.2, 0) is 4.79 Å². The minimum atomic E-state index is 0.249. The minimum Gasteiger partial charge on any atom is -0.312 e. The number of carbonyl (C=O) groups excluding carboxylic acids is 1. The first kappa shape index (κ1) is 11.5. The zero-order valence-electron chi connectivity index (χ0n) is 11.2. The number of rotatable bonds is 3. The SMILES string of the molecule is O=C1[C@@H]2CN(CC3CC3)C[C@@H]2CN1c1ccccc1. The third kappa shape index (κ3) is 2.06. The molecule has 2 aliphatic heterocycles. The molecule has 3 fully saturated rings. The van der Waals surface area contributed by atoms with Crippen LogP contribution in [0.1, 0.15) is 12.8 Å². The van der Waals surface area contributed by atoms with Crippen LogP contribution in [-0.4, -0.2) is 37.0 Å². The molecule has 2 saturated heterocycles. The van der Waals surface area contributed by atoms with Crippen molar-refractivity contribution < 1.29 is 4.79 Å². The van der Waals surface area contributed by atoms with E-state index in [1.807, 2.05) is 35.2 Å². The van der Waals surface area contributed by atoms with E-state index in [0.717, 1.165) is 31.2 Å². The number of para-hydroxylation sites is 1. The fourth-order valence-electron chi connectivity index (χ4n) is 3.61. The van der Waals surface area contributed by atoms with Crippen molar-refractivity contribution in [3.63, 3.8) is 0 Å². The molecule has 3 aliphatic rings. The van der Waals surface area contributed by atoms with Gasteiger partial charge >= 0.3 is 0 Å². The van der Waals surface area contributed by atoms with Gasteiger partial charge in [-0.2, -0.15) is 0 Å². The number of benzene rings is 1. The molecule has 2 heterocycles. The number of likely N-dealkylation sites (tertiary alicyclic amines) is 1. The van der Waals surface area contributed by atoms with Gasteiger partial charge in [0.2, 0.25) is 5.91 Å². The lowest BCUT2D eigenvalue weighted by Crippen LogP contribution is -2.33. The highest BCUT2D eigenvalue weighted by atomic mass is 16.2. The smallest absolute Gasteiger partial charge is 0.231 e. The van der Waals surface area contributed by atoms with E-state index in [4.69, 9.17) is 0 Å². The second kappa shape index (κ2) is 4.34. The van der Waals surface area contributed by atoms with Gasteiger partial charge in [-0.3, -0.25) is 4.79 Å². The van der Waals surface area contributed by atoms with E-state index in [1.165, 1.54) is 19.4 Å². The third-order valence-corrected chi connectivity index (χ3v) is 4.80. The van der Waals surface area contributed by atoms with Crippen LogP contribution >= 0.6 is 0 Å². The number of hydrogen-bond donors (Lipinski definition) is 0. The van der Waals surface area contributed by atoms with Gasteiger partial charge in [0.1, 0.15) is 0 Å². The monoisotopic (exact) mass is 256 g/mol. The fourth-order valence-corrected chi connectivity index (χ4v) is 3.61. The zero-order valence-corrected chi connectivity index (χ0v) is 11.2. The molecule has 3 nitrogen and oxygen atoms in total. The number of carbonyl (C=O) groups is 1. The van der Waals surface area contributed by atoms with Crippen LogP contribution in [0, 0.1) is 17.8 Å². The second-order valence-electron chi connectivity index (χ2n) is 6.31. The molecule has 0 radical (unpaired) electrons. The van der Waals surface area contributed by atoms with Crippen LogP contribution in [0.15, 0.2) is 30.3 Å². The molecule has 0 aromatic heterocycles. The molecular formula is C16H20N2O. The Bertz CT molecular complexity index is 483. The summed E-state index contributed by atoms with van der Waals surface area (Å²) in [6.45, 7) is 4.25. The first-order valence-electron chi connectivity index (χ1n) is 7.40. The average molecular weight is 256 g/mol. The molecule has 4 rings (SSSR count). The van der Waals surface area contributed by atoms with Crippen molar-refractivity contribution in [1.29, 1.82) is 0 Å². The summed E-state index contributed by atoms with van der Waals surface area (Å²) in [7, 11) is 0. The fraction of sp³-hybridized carbons (Fsp3) is 0.562. The molecule has 0 N–H and O–H groups in total. The summed E-state index contributed by atoms with van der Waals surface area (Å²) in [5.74, 6) is 2.07. The third-order valence-electron chi connectivity index (χ3n) is 4.80. The van der Waals surface area contributed by atoms with Gasteiger partial charge in [0.15, 0.2) is 0 Å². The molecule has 0 bridgehead atoms. The van der Waals surface area contributed by atoms with E-state index in [1.54, 1.807) is 0 Å². The van der Waals surface area contributed by atoms with Crippen molar-refractivity contribution in [2.45, 2.75) is 12.8 Å². The van der Waals surface area contributed by atoms with Crippen molar-refractivity contribution in [2.24, 2.45) is 17.8 Å². The Hall–Kier alpha value is -1.35. The van der Waals surface area contributed by atoms with Gasteiger partial charge in [-0.05, 0) is 30.9 Å². The molecule has 1 amide bonds. The van der Waals surface area contributed by atoms with Gasteiger partial charge in [0.05, 0.1) is 5.92 Å². The number of amides is 1. The standard InChI is InChI=1S/C16H20N2O/c19-16-15-11-17(8-12-6-7-12)9-13(15)10-18(16)14-4-2-1-3-5-14/h1-5,12-13,15H,6-11H2/t13-,15-/m1/s1. The van der Waals surface area contributed by atoms with Crippen LogP contribution in [0.5, 0.6) is 0 Å². The Morgan fingerprint density at radius 2 is 1.84 bits per heavy atom. The zero-order chi connectivity index (χ0) is 12.8. The number of fused-ring (bicyclic) bond motifs is 1. The molecule has 0 spiro atoms. The van der Waals surface area contributed by atoms with Gasteiger partial charge in [-0.1, -0.05) is 18.2 Å². The van der Waals surface area contributed by atoms with Gasteiger partial charge in [0, 0.05) is 37.8 Å². The van der Waals surface area contributed by atoms with Gasteiger partial charge in [-0.15, -0.1) is 0 Å². The maximum absolute atomic E-state index is 12.5. The highest BCUT2D eigenvalue weighted by Gasteiger charge is 2.47. The molecule has 1 aliphatic carbocycles. The van der Waals surface area contributed by atoms with Crippen LogP contribution in [0.3, 0.4) is 0 Å². The van der Waals surface area contributed by atoms with E-state index in [9.17, 15) is 4.79 Å². The summed E-state index contributed by atoms with van der Waals surface area (Å²) in [5.41, 5.74) is 1.07. The lowest BCUT2D eigenvalue weighted by molar-refractivity contribution is -0.120. The Morgan fingerprint density at radius 3 is 2.53 bits per heavy atom. The molecule has 19 heavy (non-hydrogen) atoms. The van der Waals surface area contributed by atoms with Crippen molar-refractivity contribution in [2.75, 3.05) is 31.1 Å². The number of anilines is 1. The normalized spacial score (nSPS) is 30.9. The van der Waals surface area contributed by atoms with Gasteiger partial charge in [0.25, 0.3) is 0 Å². The Kier molecular flexibility index (Phi) is 2.62. The largest absolute Gasteiger partial charge is 0.312 e. The Balaban J connectivity index is 1.46. The van der Waals surface area contributed by atoms with Crippen molar-refractivity contribution in [1.82, 2.24) is 4.90 Å². The maximum atomic E-state index is 12.5. The summed E-state index contributed by atoms with van der Waals surface area (Å²) in [6.07, 6.45) is 2.80. The van der Waals surface area contributed by atoms with E-state index in [0.29, 0.717) is 11.8 Å². The van der Waals surface area contributed by atoms with Crippen LogP contribution in [0.4, 0.5) is 5.69 Å². The molecule has 100 valence electrons. The molecule has 2 atom stereocenters. The van der Waals surface area contributed by atoms with Crippen molar-refractivity contribution in [3.05, 3.63) is 30.3 Å². The Morgan fingerprint density at radius 1 is 1.05 bits per heavy atom. The van der Waals surface area contributed by atoms with E-state index < -0.39 is 0 Å². The Labute approximate surface area is 114 Å². The van der Waals surface area contributed by atoms with Crippen LogP contribution in [0.2, 0.25) is 0 Å². The summed E-state index contributed by atoms with van der Waals surface area (Å²) >= 11 is 0.